The van der Waals surface area contributed by atoms with E-state index < -0.39 is 17.8 Å². The third-order valence-corrected chi connectivity index (χ3v) is 5.91. The Morgan fingerprint density at radius 3 is 2.79 bits per heavy atom. The molecule has 5 rings (SSSR count). The minimum Gasteiger partial charge on any atom is -0.504 e. The van der Waals surface area contributed by atoms with Gasteiger partial charge in [-0.25, -0.2) is 9.07 Å². The van der Waals surface area contributed by atoms with Gasteiger partial charge in [0.25, 0.3) is 5.91 Å². The van der Waals surface area contributed by atoms with E-state index in [4.69, 9.17) is 4.74 Å². The third-order valence-electron chi connectivity index (χ3n) is 5.91. The molecular weight excluding hydrogens is 427 g/mol. The molecule has 2 aliphatic rings. The highest BCUT2D eigenvalue weighted by Gasteiger charge is 2.37. The smallest absolute Gasteiger partial charge is 0.261 e. The average molecular weight is 448 g/mol. The maximum atomic E-state index is 13.2. The van der Waals surface area contributed by atoms with Crippen molar-refractivity contribution in [1.29, 1.82) is 0 Å². The molecule has 1 amide bonds. The summed E-state index contributed by atoms with van der Waals surface area (Å²) in [6.07, 6.45) is 3.24. The van der Waals surface area contributed by atoms with Crippen LogP contribution in [-0.4, -0.2) is 33.7 Å². The maximum Gasteiger partial charge on any atom is 0.261 e. The topological polar surface area (TPSA) is 105 Å². The number of phenols is 1. The molecule has 0 bridgehead atoms. The molecule has 8 nitrogen and oxygen atoms in total. The number of aromatic nitrogens is 2. The van der Waals surface area contributed by atoms with Crippen molar-refractivity contribution >= 4 is 23.2 Å². The number of halogens is 1. The number of Topliss-reactive ketones (excluding diaryl/α,β-unsaturated/α-hetero) is 1. The Bertz CT molecular complexity index is 1300. The van der Waals surface area contributed by atoms with Crippen LogP contribution in [0.5, 0.6) is 11.5 Å². The van der Waals surface area contributed by atoms with Crippen molar-refractivity contribution < 1.29 is 23.8 Å². The van der Waals surface area contributed by atoms with Gasteiger partial charge in [0, 0.05) is 23.4 Å². The Kier molecular flexibility index (Phi) is 5.08. The highest BCUT2D eigenvalue weighted by molar-refractivity contribution is 6.08. The monoisotopic (exact) mass is 448 g/mol. The van der Waals surface area contributed by atoms with Crippen molar-refractivity contribution in [2.24, 2.45) is 0 Å². The van der Waals surface area contributed by atoms with Crippen LogP contribution in [-0.2, 0) is 4.79 Å². The Balaban J connectivity index is 1.58. The summed E-state index contributed by atoms with van der Waals surface area (Å²) in [7, 11) is 1.45. The van der Waals surface area contributed by atoms with E-state index in [1.807, 2.05) is 0 Å². The predicted octanol–water partition coefficient (Wildman–Crippen LogP) is 4.01. The van der Waals surface area contributed by atoms with Crippen LogP contribution in [0, 0.1) is 5.82 Å². The molecule has 0 saturated carbocycles. The van der Waals surface area contributed by atoms with Crippen LogP contribution < -0.4 is 15.4 Å². The second-order valence-electron chi connectivity index (χ2n) is 7.94. The number of fused-ring (bicyclic) bond motifs is 1. The summed E-state index contributed by atoms with van der Waals surface area (Å²) in [5.41, 5.74) is 2.79. The lowest BCUT2D eigenvalue weighted by molar-refractivity contribution is -0.116. The summed E-state index contributed by atoms with van der Waals surface area (Å²) < 4.78 is 20.1. The van der Waals surface area contributed by atoms with E-state index in [9.17, 15) is 19.1 Å². The first kappa shape index (κ1) is 20.7. The number of allylic oxidation sites excluding steroid dienone is 2. The zero-order valence-electron chi connectivity index (χ0n) is 17.8. The van der Waals surface area contributed by atoms with Gasteiger partial charge in [-0.2, -0.15) is 5.10 Å². The molecule has 1 aromatic heterocycles. The minimum absolute atomic E-state index is 0.0132. The van der Waals surface area contributed by atoms with E-state index in [-0.39, 0.29) is 17.3 Å². The van der Waals surface area contributed by atoms with Gasteiger partial charge in [0.05, 0.1) is 13.3 Å². The molecule has 2 heterocycles. The van der Waals surface area contributed by atoms with Crippen molar-refractivity contribution in [3.63, 3.8) is 0 Å². The molecule has 9 heteroatoms. The largest absolute Gasteiger partial charge is 0.504 e. The molecular formula is C24H21FN4O4. The molecule has 0 fully saturated rings. The van der Waals surface area contributed by atoms with Gasteiger partial charge in [0.2, 0.25) is 0 Å². The van der Waals surface area contributed by atoms with Crippen molar-refractivity contribution in [2.75, 3.05) is 17.7 Å². The normalized spacial score (nSPS) is 17.2. The number of hydrogen-bond acceptors (Lipinski definition) is 6. The number of amides is 1. The number of rotatable bonds is 4. The molecule has 168 valence electrons. The van der Waals surface area contributed by atoms with Gasteiger partial charge in [0.15, 0.2) is 17.3 Å². The SMILES string of the molecule is COc1cc([C@@H]2C3=C(CCCC3=O)Nc3c(C(=O)Nc4ccc(F)cc4)cnn32)ccc1O. The number of hydrogen-bond donors (Lipinski definition) is 3. The van der Waals surface area contributed by atoms with Crippen LogP contribution in [0.4, 0.5) is 15.9 Å². The van der Waals surface area contributed by atoms with E-state index in [0.29, 0.717) is 47.5 Å². The number of carbonyl (C=O) groups is 2. The number of phenolic OH excluding ortho intramolecular Hbond substituents is 1. The van der Waals surface area contributed by atoms with Crippen LogP contribution in [0.15, 0.2) is 59.9 Å². The Labute approximate surface area is 188 Å². The summed E-state index contributed by atoms with van der Waals surface area (Å²) in [5, 5.41) is 20.5. The van der Waals surface area contributed by atoms with E-state index in [0.717, 1.165) is 5.70 Å². The fraction of sp³-hybridized carbons (Fsp3) is 0.208. The minimum atomic E-state index is -0.578. The van der Waals surface area contributed by atoms with Gasteiger partial charge < -0.3 is 20.5 Å². The van der Waals surface area contributed by atoms with E-state index in [1.54, 1.807) is 16.8 Å². The summed E-state index contributed by atoms with van der Waals surface area (Å²) in [6, 6.07) is 9.79. The molecule has 3 aromatic rings. The third kappa shape index (κ3) is 3.61. The molecule has 1 aliphatic carbocycles. The van der Waals surface area contributed by atoms with Gasteiger partial charge in [0.1, 0.15) is 23.2 Å². The highest BCUT2D eigenvalue weighted by atomic mass is 19.1. The highest BCUT2D eigenvalue weighted by Crippen LogP contribution is 2.43. The number of methoxy groups -OCH3 is 1. The number of benzene rings is 2. The summed E-state index contributed by atoms with van der Waals surface area (Å²) in [5.74, 6) is -0.0760. The van der Waals surface area contributed by atoms with Crippen LogP contribution in [0.3, 0.4) is 0 Å². The molecule has 0 unspecified atom stereocenters. The molecule has 33 heavy (non-hydrogen) atoms. The van der Waals surface area contributed by atoms with Crippen LogP contribution in [0.2, 0.25) is 0 Å². The van der Waals surface area contributed by atoms with Gasteiger partial charge in [-0.15, -0.1) is 0 Å². The molecule has 2 aromatic carbocycles. The molecule has 0 saturated heterocycles. The zero-order chi connectivity index (χ0) is 23.1. The Morgan fingerprint density at radius 2 is 2.03 bits per heavy atom. The summed E-state index contributed by atoms with van der Waals surface area (Å²) in [4.78, 5) is 25.9. The van der Waals surface area contributed by atoms with Gasteiger partial charge in [-0.3, -0.25) is 9.59 Å². The van der Waals surface area contributed by atoms with E-state index in [2.05, 4.69) is 15.7 Å². The van der Waals surface area contributed by atoms with Crippen LogP contribution >= 0.6 is 0 Å². The average Bonchev–Trinajstić information content (AvgIpc) is 3.23. The van der Waals surface area contributed by atoms with Crippen molar-refractivity contribution in [1.82, 2.24) is 9.78 Å². The van der Waals surface area contributed by atoms with Crippen molar-refractivity contribution in [2.45, 2.75) is 25.3 Å². The number of carbonyl (C=O) groups excluding carboxylic acids is 2. The molecule has 0 radical (unpaired) electrons. The molecule has 1 atom stereocenters. The predicted molar refractivity (Wildman–Crippen MR) is 119 cm³/mol. The van der Waals surface area contributed by atoms with Crippen molar-refractivity contribution in [3.8, 4) is 11.5 Å². The zero-order valence-corrected chi connectivity index (χ0v) is 17.8. The first-order chi connectivity index (χ1) is 16.0. The maximum absolute atomic E-state index is 13.2. The Morgan fingerprint density at radius 1 is 1.24 bits per heavy atom. The van der Waals surface area contributed by atoms with Crippen LogP contribution in [0.1, 0.15) is 41.2 Å². The van der Waals surface area contributed by atoms with Gasteiger partial charge >= 0.3 is 0 Å². The number of aromatic hydroxyl groups is 1. The number of nitrogens with one attached hydrogen (secondary N) is 2. The molecule has 3 N–H and O–H groups in total. The number of ketones is 1. The number of nitrogens with zero attached hydrogens (tertiary/aromatic N) is 2. The van der Waals surface area contributed by atoms with E-state index in [1.165, 1.54) is 43.6 Å². The lowest BCUT2D eigenvalue weighted by Crippen LogP contribution is -2.32. The fourth-order valence-electron chi connectivity index (χ4n) is 4.33. The summed E-state index contributed by atoms with van der Waals surface area (Å²) in [6.45, 7) is 0. The first-order valence-electron chi connectivity index (χ1n) is 10.5. The number of ether oxygens (including phenoxy) is 1. The first-order valence-corrected chi connectivity index (χ1v) is 10.5. The summed E-state index contributed by atoms with van der Waals surface area (Å²) >= 11 is 0. The fourth-order valence-corrected chi connectivity index (χ4v) is 4.33. The van der Waals surface area contributed by atoms with E-state index >= 15 is 0 Å². The van der Waals surface area contributed by atoms with Crippen molar-refractivity contribution in [3.05, 3.63) is 76.9 Å². The number of anilines is 2. The van der Waals surface area contributed by atoms with Gasteiger partial charge in [-0.05, 0) is 54.8 Å². The standard InChI is InChI=1S/C24H21FN4O4/c1-33-20-11-13(5-10-18(20)30)22-21-17(3-2-4-19(21)31)28-23-16(12-26-29(22)23)24(32)27-15-8-6-14(25)7-9-15/h5-12,22,28,30H,2-4H2,1H3,(H,27,32)/t22-/m1/s1. The lowest BCUT2D eigenvalue weighted by atomic mass is 9.85. The van der Waals surface area contributed by atoms with Crippen LogP contribution in [0.25, 0.3) is 0 Å². The quantitative estimate of drug-likeness (QED) is 0.557. The second kappa shape index (κ2) is 8.09. The van der Waals surface area contributed by atoms with Gasteiger partial charge in [-0.1, -0.05) is 6.07 Å². The molecule has 1 aliphatic heterocycles. The lowest BCUT2D eigenvalue weighted by Gasteiger charge is -2.33. The molecule has 0 spiro atoms. The second-order valence-corrected chi connectivity index (χ2v) is 7.94. The Hall–Kier alpha value is -4.14.